The molecule has 1 aliphatic carbocycles. The Morgan fingerprint density at radius 1 is 1.22 bits per heavy atom. The molecule has 2 aliphatic heterocycles. The topological polar surface area (TPSA) is 61.4 Å². The molecule has 0 unspecified atom stereocenters. The van der Waals surface area contributed by atoms with Crippen molar-refractivity contribution in [2.24, 2.45) is 5.92 Å². The largest absolute Gasteiger partial charge is 0.348 e. The van der Waals surface area contributed by atoms with Crippen molar-refractivity contribution >= 4 is 11.8 Å². The van der Waals surface area contributed by atoms with Crippen LogP contribution in [0.15, 0.2) is 24.3 Å². The van der Waals surface area contributed by atoms with Gasteiger partial charge in [-0.2, -0.15) is 0 Å². The zero-order chi connectivity index (χ0) is 16.0. The number of amides is 2. The molecule has 0 saturated carbocycles. The third-order valence-corrected chi connectivity index (χ3v) is 5.64. The second-order valence-corrected chi connectivity index (χ2v) is 6.96. The molecule has 2 saturated heterocycles. The molecule has 5 heteroatoms. The van der Waals surface area contributed by atoms with Crippen LogP contribution in [0.1, 0.15) is 42.9 Å². The van der Waals surface area contributed by atoms with Gasteiger partial charge in [-0.15, -0.1) is 0 Å². The summed E-state index contributed by atoms with van der Waals surface area (Å²) in [4.78, 5) is 26.2. The highest BCUT2D eigenvalue weighted by Gasteiger charge is 2.47. The molecule has 122 valence electrons. The van der Waals surface area contributed by atoms with Crippen molar-refractivity contribution in [3.63, 3.8) is 0 Å². The summed E-state index contributed by atoms with van der Waals surface area (Å²) in [7, 11) is 0. The van der Waals surface area contributed by atoms with Gasteiger partial charge in [0.15, 0.2) is 0 Å². The molecule has 3 aliphatic rings. The number of fused-ring (bicyclic) bond motifs is 3. The number of likely N-dealkylation sites (tertiary alicyclic amines) is 1. The maximum Gasteiger partial charge on any atom is 0.237 e. The molecule has 23 heavy (non-hydrogen) atoms. The standard InChI is InChI=1S/C18H23N3O2/c1-11(22)21-9-14-12-5-2-3-6-13(12)17(15(14)10-21)20-18(23)16-7-4-8-19-16/h2-3,5-6,14-17,19H,4,7-10H2,1H3,(H,20,23)/t14-,15-,16+,17-/m0/s1. The summed E-state index contributed by atoms with van der Waals surface area (Å²) in [5.74, 6) is 0.863. The Balaban J connectivity index is 1.59. The van der Waals surface area contributed by atoms with E-state index in [-0.39, 0.29) is 23.9 Å². The van der Waals surface area contributed by atoms with E-state index >= 15 is 0 Å². The van der Waals surface area contributed by atoms with Crippen LogP contribution >= 0.6 is 0 Å². The van der Waals surface area contributed by atoms with Gasteiger partial charge in [-0.1, -0.05) is 24.3 Å². The van der Waals surface area contributed by atoms with Crippen LogP contribution in [0.5, 0.6) is 0 Å². The Morgan fingerprint density at radius 3 is 2.70 bits per heavy atom. The molecule has 0 radical (unpaired) electrons. The van der Waals surface area contributed by atoms with Gasteiger partial charge in [-0.05, 0) is 30.5 Å². The number of rotatable bonds is 2. The molecule has 2 heterocycles. The second-order valence-electron chi connectivity index (χ2n) is 6.96. The molecular formula is C18H23N3O2. The lowest BCUT2D eigenvalue weighted by atomic mass is 9.94. The number of carbonyl (C=O) groups excluding carboxylic acids is 2. The van der Waals surface area contributed by atoms with Crippen molar-refractivity contribution in [2.45, 2.75) is 37.8 Å². The molecule has 0 aromatic heterocycles. The van der Waals surface area contributed by atoms with Crippen LogP contribution in [0.3, 0.4) is 0 Å². The predicted molar refractivity (Wildman–Crippen MR) is 86.8 cm³/mol. The van der Waals surface area contributed by atoms with Crippen LogP contribution in [0.2, 0.25) is 0 Å². The zero-order valence-electron chi connectivity index (χ0n) is 13.4. The minimum atomic E-state index is -0.0634. The van der Waals surface area contributed by atoms with Gasteiger partial charge >= 0.3 is 0 Å². The normalized spacial score (nSPS) is 31.8. The first-order valence-electron chi connectivity index (χ1n) is 8.53. The maximum atomic E-state index is 12.6. The van der Waals surface area contributed by atoms with Crippen LogP contribution in [0.4, 0.5) is 0 Å². The Kier molecular flexibility index (Phi) is 3.60. The average molecular weight is 313 g/mol. The van der Waals surface area contributed by atoms with E-state index in [0.29, 0.717) is 11.8 Å². The van der Waals surface area contributed by atoms with Crippen LogP contribution in [0.25, 0.3) is 0 Å². The van der Waals surface area contributed by atoms with Crippen molar-refractivity contribution in [3.8, 4) is 0 Å². The van der Waals surface area contributed by atoms with E-state index < -0.39 is 0 Å². The Labute approximate surface area is 136 Å². The summed E-state index contributed by atoms with van der Waals surface area (Å²) < 4.78 is 0. The number of hydrogen-bond acceptors (Lipinski definition) is 3. The minimum Gasteiger partial charge on any atom is -0.348 e. The molecule has 2 amide bonds. The maximum absolute atomic E-state index is 12.6. The van der Waals surface area contributed by atoms with Gasteiger partial charge in [0.25, 0.3) is 0 Å². The van der Waals surface area contributed by atoms with Gasteiger partial charge in [0.05, 0.1) is 12.1 Å². The number of benzene rings is 1. The molecule has 4 atom stereocenters. The monoisotopic (exact) mass is 313 g/mol. The highest BCUT2D eigenvalue weighted by Crippen LogP contribution is 2.49. The van der Waals surface area contributed by atoms with Gasteiger partial charge in [0.1, 0.15) is 0 Å². The predicted octanol–water partition coefficient (Wildman–Crippen LogP) is 1.17. The quantitative estimate of drug-likeness (QED) is 0.862. The summed E-state index contributed by atoms with van der Waals surface area (Å²) >= 11 is 0. The number of hydrogen-bond donors (Lipinski definition) is 2. The van der Waals surface area contributed by atoms with E-state index in [4.69, 9.17) is 0 Å². The molecule has 1 aromatic rings. The summed E-state index contributed by atoms with van der Waals surface area (Å²) in [6, 6.07) is 8.32. The Bertz CT molecular complexity index is 639. The molecular weight excluding hydrogens is 290 g/mol. The van der Waals surface area contributed by atoms with E-state index in [1.807, 2.05) is 11.0 Å². The van der Waals surface area contributed by atoms with Crippen molar-refractivity contribution < 1.29 is 9.59 Å². The Hall–Kier alpha value is -1.88. The number of nitrogens with one attached hydrogen (secondary N) is 2. The van der Waals surface area contributed by atoms with E-state index in [1.165, 1.54) is 11.1 Å². The van der Waals surface area contributed by atoms with Crippen molar-refractivity contribution in [1.82, 2.24) is 15.5 Å². The minimum absolute atomic E-state index is 0.0236. The summed E-state index contributed by atoms with van der Waals surface area (Å²) in [5, 5.41) is 6.53. The lowest BCUT2D eigenvalue weighted by molar-refractivity contribution is -0.128. The van der Waals surface area contributed by atoms with Gasteiger partial charge in [0, 0.05) is 31.8 Å². The zero-order valence-corrected chi connectivity index (χ0v) is 13.4. The van der Waals surface area contributed by atoms with Gasteiger partial charge in [-0.3, -0.25) is 9.59 Å². The van der Waals surface area contributed by atoms with E-state index in [9.17, 15) is 9.59 Å². The first-order valence-corrected chi connectivity index (χ1v) is 8.53. The van der Waals surface area contributed by atoms with Crippen LogP contribution in [-0.2, 0) is 9.59 Å². The third-order valence-electron chi connectivity index (χ3n) is 5.64. The summed E-state index contributed by atoms with van der Waals surface area (Å²) in [6.45, 7) is 4.05. The molecule has 0 bridgehead atoms. The fourth-order valence-electron chi connectivity index (χ4n) is 4.46. The fraction of sp³-hybridized carbons (Fsp3) is 0.556. The van der Waals surface area contributed by atoms with Gasteiger partial charge in [-0.25, -0.2) is 0 Å². The van der Waals surface area contributed by atoms with Crippen molar-refractivity contribution in [1.29, 1.82) is 0 Å². The van der Waals surface area contributed by atoms with Crippen molar-refractivity contribution in [2.75, 3.05) is 19.6 Å². The van der Waals surface area contributed by atoms with E-state index in [1.54, 1.807) is 6.92 Å². The van der Waals surface area contributed by atoms with Gasteiger partial charge in [0.2, 0.25) is 11.8 Å². The fourth-order valence-corrected chi connectivity index (χ4v) is 4.46. The number of carbonyl (C=O) groups is 2. The van der Waals surface area contributed by atoms with Crippen LogP contribution in [0, 0.1) is 5.92 Å². The van der Waals surface area contributed by atoms with Crippen LogP contribution < -0.4 is 10.6 Å². The first-order chi connectivity index (χ1) is 11.1. The highest BCUT2D eigenvalue weighted by molar-refractivity contribution is 5.83. The highest BCUT2D eigenvalue weighted by atomic mass is 16.2. The molecule has 5 nitrogen and oxygen atoms in total. The molecule has 1 aromatic carbocycles. The van der Waals surface area contributed by atoms with Gasteiger partial charge < -0.3 is 15.5 Å². The second kappa shape index (κ2) is 5.64. The SMILES string of the molecule is CC(=O)N1C[C@H]2[C@@H](C1)c1ccccc1[C@@H]2NC(=O)[C@H]1CCCN1. The molecule has 4 rings (SSSR count). The smallest absolute Gasteiger partial charge is 0.237 e. The third kappa shape index (κ3) is 2.43. The lowest BCUT2D eigenvalue weighted by Crippen LogP contribution is -2.43. The molecule has 2 fully saturated rings. The summed E-state index contributed by atoms with van der Waals surface area (Å²) in [5.41, 5.74) is 2.53. The van der Waals surface area contributed by atoms with E-state index in [2.05, 4.69) is 28.8 Å². The van der Waals surface area contributed by atoms with Crippen LogP contribution in [-0.4, -0.2) is 42.4 Å². The molecule has 0 spiro atoms. The average Bonchev–Trinajstić information content (AvgIpc) is 3.24. The lowest BCUT2D eigenvalue weighted by Gasteiger charge is -2.24. The van der Waals surface area contributed by atoms with Crippen molar-refractivity contribution in [3.05, 3.63) is 35.4 Å². The first kappa shape index (κ1) is 14.7. The number of nitrogens with zero attached hydrogens (tertiary/aromatic N) is 1. The Morgan fingerprint density at radius 2 is 2.00 bits per heavy atom. The van der Waals surface area contributed by atoms with E-state index in [0.717, 1.165) is 32.5 Å². The molecule has 2 N–H and O–H groups in total. The summed E-state index contributed by atoms with van der Waals surface area (Å²) in [6.07, 6.45) is 1.97.